The minimum atomic E-state index is -1.10. The zero-order valence-electron chi connectivity index (χ0n) is 11.2. The largest absolute Gasteiger partial charge is 0.478 e. The van der Waals surface area contributed by atoms with Gasteiger partial charge in [0.25, 0.3) is 0 Å². The van der Waals surface area contributed by atoms with Crippen molar-refractivity contribution in [2.45, 2.75) is 12.8 Å². The summed E-state index contributed by atoms with van der Waals surface area (Å²) in [6, 6.07) is 4.88. The summed E-state index contributed by atoms with van der Waals surface area (Å²) < 4.78 is 0. The third-order valence-electron chi connectivity index (χ3n) is 3.41. The van der Waals surface area contributed by atoms with Crippen molar-refractivity contribution in [1.82, 2.24) is 0 Å². The normalized spacial score (nSPS) is 13.9. The molecule has 0 bridgehead atoms. The van der Waals surface area contributed by atoms with Gasteiger partial charge >= 0.3 is 5.97 Å². The van der Waals surface area contributed by atoms with Crippen molar-refractivity contribution in [1.29, 1.82) is 0 Å². The third-order valence-corrected chi connectivity index (χ3v) is 4.85. The Balaban J connectivity index is 2.02. The number of amides is 1. The van der Waals surface area contributed by atoms with E-state index in [1.54, 1.807) is 23.6 Å². The lowest BCUT2D eigenvalue weighted by Crippen LogP contribution is -2.14. The summed E-state index contributed by atoms with van der Waals surface area (Å²) in [4.78, 5) is 23.5. The van der Waals surface area contributed by atoms with Crippen LogP contribution in [0.4, 0.5) is 5.00 Å². The van der Waals surface area contributed by atoms with E-state index in [9.17, 15) is 14.7 Å². The molecule has 1 fully saturated rings. The molecule has 22 heavy (non-hydrogen) atoms. The number of carbonyl (C=O) groups is 2. The zero-order valence-corrected chi connectivity index (χ0v) is 13.6. The van der Waals surface area contributed by atoms with E-state index in [0.717, 1.165) is 12.8 Å². The molecule has 0 atom stereocenters. The van der Waals surface area contributed by atoms with Crippen LogP contribution >= 0.6 is 34.5 Å². The van der Waals surface area contributed by atoms with Gasteiger partial charge in [0.15, 0.2) is 0 Å². The Morgan fingerprint density at radius 3 is 2.55 bits per heavy atom. The van der Waals surface area contributed by atoms with E-state index in [1.165, 1.54) is 11.3 Å². The van der Waals surface area contributed by atoms with Gasteiger partial charge in [-0.2, -0.15) is 0 Å². The quantitative estimate of drug-likeness (QED) is 0.829. The van der Waals surface area contributed by atoms with E-state index in [2.05, 4.69) is 5.32 Å². The number of thiophene rings is 1. The van der Waals surface area contributed by atoms with Crippen molar-refractivity contribution >= 4 is 51.4 Å². The Kier molecular flexibility index (Phi) is 4.12. The Bertz CT molecular complexity index is 768. The van der Waals surface area contributed by atoms with E-state index in [1.807, 2.05) is 0 Å². The molecule has 1 aromatic carbocycles. The summed E-state index contributed by atoms with van der Waals surface area (Å²) >= 11 is 13.2. The second-order valence-corrected chi connectivity index (χ2v) is 6.77. The first-order valence-corrected chi connectivity index (χ1v) is 8.22. The van der Waals surface area contributed by atoms with Gasteiger partial charge in [-0.25, -0.2) is 4.79 Å². The zero-order chi connectivity index (χ0) is 15.9. The number of carbonyl (C=O) groups excluding carboxylic acids is 1. The number of rotatable bonds is 4. The van der Waals surface area contributed by atoms with Crippen molar-refractivity contribution in [2.24, 2.45) is 5.92 Å². The summed E-state index contributed by atoms with van der Waals surface area (Å²) in [5, 5.41) is 15.1. The summed E-state index contributed by atoms with van der Waals surface area (Å²) in [6.07, 6.45) is 1.71. The predicted molar refractivity (Wildman–Crippen MR) is 88.1 cm³/mol. The maximum Gasteiger partial charge on any atom is 0.339 e. The Morgan fingerprint density at radius 2 is 1.95 bits per heavy atom. The van der Waals surface area contributed by atoms with Crippen molar-refractivity contribution in [2.75, 3.05) is 5.32 Å². The van der Waals surface area contributed by atoms with Crippen LogP contribution in [0.2, 0.25) is 10.0 Å². The number of aromatic carboxylic acids is 1. The van der Waals surface area contributed by atoms with E-state index in [-0.39, 0.29) is 17.4 Å². The van der Waals surface area contributed by atoms with E-state index >= 15 is 0 Å². The molecule has 7 heteroatoms. The first kappa shape index (κ1) is 15.3. The summed E-state index contributed by atoms with van der Waals surface area (Å²) in [7, 11) is 0. The van der Waals surface area contributed by atoms with Crippen LogP contribution in [0.25, 0.3) is 11.1 Å². The summed E-state index contributed by atoms with van der Waals surface area (Å²) in [5.41, 5.74) is 1.11. The second-order valence-electron chi connectivity index (χ2n) is 5.05. The molecule has 0 radical (unpaired) electrons. The Labute approximate surface area is 140 Å². The van der Waals surface area contributed by atoms with Gasteiger partial charge in [0.05, 0.1) is 0 Å². The lowest BCUT2D eigenvalue weighted by molar-refractivity contribution is -0.117. The van der Waals surface area contributed by atoms with Crippen LogP contribution in [-0.2, 0) is 4.79 Å². The minimum absolute atomic E-state index is 0.00585. The van der Waals surface area contributed by atoms with Gasteiger partial charge < -0.3 is 10.4 Å². The topological polar surface area (TPSA) is 66.4 Å². The van der Waals surface area contributed by atoms with E-state index < -0.39 is 5.97 Å². The molecule has 0 saturated heterocycles. The molecule has 114 valence electrons. The van der Waals surface area contributed by atoms with Crippen molar-refractivity contribution in [3.63, 3.8) is 0 Å². The third kappa shape index (κ3) is 2.97. The molecule has 3 rings (SSSR count). The van der Waals surface area contributed by atoms with Crippen molar-refractivity contribution in [3.8, 4) is 11.1 Å². The standard InChI is InChI=1S/C15H11Cl2NO3S/c16-8-3-4-9(11(17)5-8)10-6-22-14(12(10)15(20)21)18-13(19)7-1-2-7/h3-7H,1-2H2,(H,18,19)(H,20,21). The fourth-order valence-electron chi connectivity index (χ4n) is 2.13. The van der Waals surface area contributed by atoms with Gasteiger partial charge in [-0.1, -0.05) is 29.3 Å². The van der Waals surface area contributed by atoms with Gasteiger partial charge in [0.2, 0.25) is 5.91 Å². The highest BCUT2D eigenvalue weighted by Gasteiger charge is 2.31. The number of nitrogens with one attached hydrogen (secondary N) is 1. The number of hydrogen-bond acceptors (Lipinski definition) is 3. The van der Waals surface area contributed by atoms with Crippen molar-refractivity contribution in [3.05, 3.63) is 39.2 Å². The maximum atomic E-state index is 11.9. The molecular weight excluding hydrogens is 345 g/mol. The van der Waals surface area contributed by atoms with Gasteiger partial charge in [-0.3, -0.25) is 4.79 Å². The first-order chi connectivity index (χ1) is 10.5. The lowest BCUT2D eigenvalue weighted by Gasteiger charge is -2.07. The summed E-state index contributed by atoms with van der Waals surface area (Å²) in [6.45, 7) is 0. The first-order valence-electron chi connectivity index (χ1n) is 6.58. The number of carboxylic acid groups (broad SMARTS) is 1. The highest BCUT2D eigenvalue weighted by molar-refractivity contribution is 7.15. The molecule has 1 aliphatic rings. The molecular formula is C15H11Cl2NO3S. The van der Waals surface area contributed by atoms with Gasteiger partial charge in [0, 0.05) is 32.5 Å². The molecule has 2 N–H and O–H groups in total. The number of anilines is 1. The van der Waals surface area contributed by atoms with Gasteiger partial charge in [0.1, 0.15) is 10.6 Å². The number of benzene rings is 1. The molecule has 4 nitrogen and oxygen atoms in total. The van der Waals surface area contributed by atoms with Crippen LogP contribution in [0.1, 0.15) is 23.2 Å². The van der Waals surface area contributed by atoms with Crippen molar-refractivity contribution < 1.29 is 14.7 Å². The minimum Gasteiger partial charge on any atom is -0.478 e. The molecule has 0 aliphatic heterocycles. The van der Waals surface area contributed by atoms with Crippen LogP contribution in [-0.4, -0.2) is 17.0 Å². The van der Waals surface area contributed by atoms with Crippen LogP contribution < -0.4 is 5.32 Å². The number of hydrogen-bond donors (Lipinski definition) is 2. The second kappa shape index (κ2) is 5.91. The lowest BCUT2D eigenvalue weighted by atomic mass is 10.0. The van der Waals surface area contributed by atoms with E-state index in [0.29, 0.717) is 26.2 Å². The molecule has 1 aromatic heterocycles. The number of carboxylic acids is 1. The average Bonchev–Trinajstić information content (AvgIpc) is 3.21. The molecule has 1 saturated carbocycles. The molecule has 1 aliphatic carbocycles. The highest BCUT2D eigenvalue weighted by atomic mass is 35.5. The molecule has 0 unspecified atom stereocenters. The average molecular weight is 356 g/mol. The highest BCUT2D eigenvalue weighted by Crippen LogP contribution is 2.40. The van der Waals surface area contributed by atoms with Crippen LogP contribution in [0, 0.1) is 5.92 Å². The number of halogens is 2. The van der Waals surface area contributed by atoms with E-state index in [4.69, 9.17) is 23.2 Å². The smallest absolute Gasteiger partial charge is 0.339 e. The molecule has 1 amide bonds. The van der Waals surface area contributed by atoms with Gasteiger partial charge in [-0.05, 0) is 25.0 Å². The Hall–Kier alpha value is -1.56. The maximum absolute atomic E-state index is 11.9. The fourth-order valence-corrected chi connectivity index (χ4v) is 3.59. The van der Waals surface area contributed by atoms with Crippen LogP contribution in [0.3, 0.4) is 0 Å². The molecule has 0 spiro atoms. The molecule has 1 heterocycles. The van der Waals surface area contributed by atoms with Gasteiger partial charge in [-0.15, -0.1) is 11.3 Å². The SMILES string of the molecule is O=C(O)c1c(-c2ccc(Cl)cc2Cl)csc1NC(=O)C1CC1. The predicted octanol–water partition coefficient (Wildman–Crippen LogP) is 4.77. The van der Waals surface area contributed by atoms with Crippen LogP contribution in [0.15, 0.2) is 23.6 Å². The fraction of sp³-hybridized carbons (Fsp3) is 0.200. The Morgan fingerprint density at radius 1 is 1.23 bits per heavy atom. The molecule has 2 aromatic rings. The monoisotopic (exact) mass is 355 g/mol. The summed E-state index contributed by atoms with van der Waals surface area (Å²) in [5.74, 6) is -1.22. The van der Waals surface area contributed by atoms with Crippen LogP contribution in [0.5, 0.6) is 0 Å².